The first-order chi connectivity index (χ1) is 12.0. The van der Waals surface area contributed by atoms with E-state index in [0.29, 0.717) is 24.2 Å². The molecule has 2 saturated heterocycles. The molecule has 2 aliphatic rings. The van der Waals surface area contributed by atoms with Crippen LogP contribution in [0.2, 0.25) is 0 Å². The summed E-state index contributed by atoms with van der Waals surface area (Å²) in [4.78, 5) is 23.5. The Balaban J connectivity index is 0.00000131. The van der Waals surface area contributed by atoms with Crippen LogP contribution in [0.4, 0.5) is 4.39 Å². The highest BCUT2D eigenvalue weighted by Gasteiger charge is 2.46. The molecule has 5 nitrogen and oxygen atoms in total. The Morgan fingerprint density at radius 3 is 2.70 bits per heavy atom. The fourth-order valence-electron chi connectivity index (χ4n) is 4.62. The quantitative estimate of drug-likeness (QED) is 0.838. The number of likely N-dealkylation sites (tertiary alicyclic amines) is 2. The molecule has 2 fully saturated rings. The van der Waals surface area contributed by atoms with E-state index in [1.165, 1.54) is 6.07 Å². The summed E-state index contributed by atoms with van der Waals surface area (Å²) in [6, 6.07) is 8.81. The fourth-order valence-corrected chi connectivity index (χ4v) is 4.62. The minimum Gasteiger partial charge on any atom is -0.311 e. The van der Waals surface area contributed by atoms with E-state index in [0.717, 1.165) is 30.9 Å². The SMILES string of the molecule is Cc1nc(CN2C[C@@H]3CN(C)[C@@H](c4cccc(F)c4)[C@@H]3C2)cc(=O)[nH]1.Cl.Cl. The van der Waals surface area contributed by atoms with Crippen molar-refractivity contribution in [3.05, 3.63) is 63.6 Å². The summed E-state index contributed by atoms with van der Waals surface area (Å²) < 4.78 is 13.7. The van der Waals surface area contributed by atoms with Gasteiger partial charge in [0.05, 0.1) is 5.69 Å². The second-order valence-electron chi connectivity index (χ2n) is 7.38. The van der Waals surface area contributed by atoms with Gasteiger partial charge in [0.1, 0.15) is 11.6 Å². The van der Waals surface area contributed by atoms with Crippen molar-refractivity contribution in [2.75, 3.05) is 26.7 Å². The highest BCUT2D eigenvalue weighted by Crippen LogP contribution is 2.44. The zero-order valence-corrected chi connectivity index (χ0v) is 17.0. The van der Waals surface area contributed by atoms with Gasteiger partial charge in [-0.2, -0.15) is 0 Å². The Hall–Kier alpha value is -1.47. The highest BCUT2D eigenvalue weighted by atomic mass is 35.5. The lowest BCUT2D eigenvalue weighted by Crippen LogP contribution is -2.29. The first-order valence-electron chi connectivity index (χ1n) is 8.74. The molecule has 0 saturated carbocycles. The summed E-state index contributed by atoms with van der Waals surface area (Å²) in [6.07, 6.45) is 0. The van der Waals surface area contributed by atoms with Crippen LogP contribution in [0.15, 0.2) is 35.1 Å². The maximum Gasteiger partial charge on any atom is 0.251 e. The fraction of sp³-hybridized carbons (Fsp3) is 0.474. The standard InChI is InChI=1S/C19H23FN4O.2ClH/c1-12-21-16(7-18(25)22-12)10-24-9-14-8-23(2)19(17(14)11-24)13-4-3-5-15(20)6-13;;/h3-7,14,17,19H,8-11H2,1-2H3,(H,21,22,25);2*1H/t14-,17+,19-;;/m0../s1. The lowest BCUT2D eigenvalue weighted by Gasteiger charge is -2.26. The van der Waals surface area contributed by atoms with E-state index in [-0.39, 0.29) is 42.2 Å². The number of aryl methyl sites for hydroxylation is 1. The third-order valence-electron chi connectivity index (χ3n) is 5.46. The number of aromatic nitrogens is 2. The lowest BCUT2D eigenvalue weighted by molar-refractivity contribution is 0.223. The molecule has 3 heterocycles. The molecule has 1 aromatic carbocycles. The molecule has 0 unspecified atom stereocenters. The zero-order chi connectivity index (χ0) is 17.6. The summed E-state index contributed by atoms with van der Waals surface area (Å²) in [5.41, 5.74) is 1.78. The van der Waals surface area contributed by atoms with Gasteiger partial charge in [-0.25, -0.2) is 9.37 Å². The van der Waals surface area contributed by atoms with Crippen LogP contribution in [0.1, 0.15) is 23.1 Å². The van der Waals surface area contributed by atoms with Crippen molar-refractivity contribution in [3.63, 3.8) is 0 Å². The van der Waals surface area contributed by atoms with E-state index in [4.69, 9.17) is 0 Å². The van der Waals surface area contributed by atoms with E-state index in [1.807, 2.05) is 6.07 Å². The minimum atomic E-state index is -0.174. The first kappa shape index (κ1) is 21.8. The molecule has 1 aromatic heterocycles. The Morgan fingerprint density at radius 2 is 2.00 bits per heavy atom. The Labute approximate surface area is 170 Å². The molecule has 0 spiro atoms. The predicted molar refractivity (Wildman–Crippen MR) is 108 cm³/mol. The van der Waals surface area contributed by atoms with E-state index in [1.54, 1.807) is 25.1 Å². The van der Waals surface area contributed by atoms with Gasteiger partial charge in [0.25, 0.3) is 5.56 Å². The summed E-state index contributed by atoms with van der Waals surface area (Å²) in [7, 11) is 2.12. The molecule has 2 aliphatic heterocycles. The van der Waals surface area contributed by atoms with Gasteiger partial charge in [0.2, 0.25) is 0 Å². The van der Waals surface area contributed by atoms with E-state index >= 15 is 0 Å². The molecular formula is C19H25Cl2FN4O. The summed E-state index contributed by atoms with van der Waals surface area (Å²) in [6.45, 7) is 5.46. The number of fused-ring (bicyclic) bond motifs is 1. The topological polar surface area (TPSA) is 52.2 Å². The summed E-state index contributed by atoms with van der Waals surface area (Å²) >= 11 is 0. The van der Waals surface area contributed by atoms with Crippen LogP contribution in [-0.4, -0.2) is 46.4 Å². The van der Waals surface area contributed by atoms with Crippen molar-refractivity contribution < 1.29 is 4.39 Å². The number of hydrogen-bond donors (Lipinski definition) is 1. The van der Waals surface area contributed by atoms with Crippen molar-refractivity contribution in [1.82, 2.24) is 19.8 Å². The largest absolute Gasteiger partial charge is 0.311 e. The number of nitrogens with zero attached hydrogens (tertiary/aromatic N) is 3. The van der Waals surface area contributed by atoms with Crippen molar-refractivity contribution in [3.8, 4) is 0 Å². The van der Waals surface area contributed by atoms with Crippen LogP contribution in [0.3, 0.4) is 0 Å². The van der Waals surface area contributed by atoms with E-state index in [2.05, 4.69) is 26.8 Å². The molecule has 8 heteroatoms. The lowest BCUT2D eigenvalue weighted by atomic mass is 9.89. The number of rotatable bonds is 3. The van der Waals surface area contributed by atoms with Crippen LogP contribution in [0.5, 0.6) is 0 Å². The second kappa shape index (κ2) is 8.69. The molecule has 148 valence electrons. The molecule has 0 bridgehead atoms. The molecule has 0 aliphatic carbocycles. The van der Waals surface area contributed by atoms with Gasteiger partial charge >= 0.3 is 0 Å². The number of H-pyrrole nitrogens is 1. The summed E-state index contributed by atoms with van der Waals surface area (Å²) in [5, 5.41) is 0. The maximum atomic E-state index is 13.7. The molecule has 4 rings (SSSR count). The van der Waals surface area contributed by atoms with Crippen LogP contribution < -0.4 is 5.56 Å². The first-order valence-corrected chi connectivity index (χ1v) is 8.74. The van der Waals surface area contributed by atoms with Gasteiger partial charge in [-0.05, 0) is 43.5 Å². The highest BCUT2D eigenvalue weighted by molar-refractivity contribution is 5.85. The van der Waals surface area contributed by atoms with Gasteiger partial charge in [-0.15, -0.1) is 24.8 Å². The third-order valence-corrected chi connectivity index (χ3v) is 5.46. The average molecular weight is 415 g/mol. The molecule has 1 N–H and O–H groups in total. The maximum absolute atomic E-state index is 13.7. The number of halogens is 3. The number of hydrogen-bond acceptors (Lipinski definition) is 4. The molecule has 0 radical (unpaired) electrons. The minimum absolute atomic E-state index is 0. The number of nitrogens with one attached hydrogen (secondary N) is 1. The normalized spacial score (nSPS) is 24.9. The van der Waals surface area contributed by atoms with Crippen LogP contribution in [0.25, 0.3) is 0 Å². The molecular weight excluding hydrogens is 390 g/mol. The Morgan fingerprint density at radius 1 is 1.22 bits per heavy atom. The van der Waals surface area contributed by atoms with Crippen LogP contribution in [0, 0.1) is 24.6 Å². The summed E-state index contributed by atoms with van der Waals surface area (Å²) in [5.74, 6) is 1.53. The zero-order valence-electron chi connectivity index (χ0n) is 15.4. The third kappa shape index (κ3) is 4.51. The van der Waals surface area contributed by atoms with Crippen molar-refractivity contribution in [2.45, 2.75) is 19.5 Å². The number of benzene rings is 1. The van der Waals surface area contributed by atoms with E-state index < -0.39 is 0 Å². The molecule has 0 amide bonds. The Kier molecular flexibility index (Phi) is 7.03. The number of aromatic amines is 1. The monoisotopic (exact) mass is 414 g/mol. The van der Waals surface area contributed by atoms with E-state index in [9.17, 15) is 9.18 Å². The van der Waals surface area contributed by atoms with Crippen LogP contribution in [-0.2, 0) is 6.54 Å². The Bertz CT molecular complexity index is 846. The van der Waals surface area contributed by atoms with Gasteiger partial charge < -0.3 is 4.98 Å². The molecule has 2 aromatic rings. The van der Waals surface area contributed by atoms with Gasteiger partial charge in [0.15, 0.2) is 0 Å². The van der Waals surface area contributed by atoms with Crippen molar-refractivity contribution >= 4 is 24.8 Å². The van der Waals surface area contributed by atoms with Crippen molar-refractivity contribution in [1.29, 1.82) is 0 Å². The second-order valence-corrected chi connectivity index (χ2v) is 7.38. The molecule has 27 heavy (non-hydrogen) atoms. The van der Waals surface area contributed by atoms with Gasteiger partial charge in [0, 0.05) is 38.3 Å². The predicted octanol–water partition coefficient (Wildman–Crippen LogP) is 2.80. The van der Waals surface area contributed by atoms with Crippen molar-refractivity contribution in [2.24, 2.45) is 11.8 Å². The van der Waals surface area contributed by atoms with Crippen LogP contribution >= 0.6 is 24.8 Å². The smallest absolute Gasteiger partial charge is 0.251 e. The molecule has 3 atom stereocenters. The van der Waals surface area contributed by atoms with Gasteiger partial charge in [-0.3, -0.25) is 14.6 Å². The van der Waals surface area contributed by atoms with Gasteiger partial charge in [-0.1, -0.05) is 12.1 Å². The average Bonchev–Trinajstić information content (AvgIpc) is 3.01.